The van der Waals surface area contributed by atoms with Gasteiger partial charge in [0.25, 0.3) is 0 Å². The first-order valence-corrected chi connectivity index (χ1v) is 10.0. The summed E-state index contributed by atoms with van der Waals surface area (Å²) in [5.74, 6) is -0.633. The van der Waals surface area contributed by atoms with Crippen LogP contribution in [-0.4, -0.2) is 22.3 Å². The Morgan fingerprint density at radius 1 is 0.962 bits per heavy atom. The Morgan fingerprint density at radius 2 is 1.42 bits per heavy atom. The molecule has 0 aliphatic rings. The van der Waals surface area contributed by atoms with Crippen LogP contribution < -0.4 is 4.52 Å². The molecule has 26 heavy (non-hydrogen) atoms. The van der Waals surface area contributed by atoms with Crippen LogP contribution in [0.1, 0.15) is 61.0 Å². The third kappa shape index (κ3) is 7.48. The highest BCUT2D eigenvalue weighted by Crippen LogP contribution is 2.55. The van der Waals surface area contributed by atoms with Crippen molar-refractivity contribution in [2.45, 2.75) is 73.0 Å². The Balaban J connectivity index is 3.24. The van der Waals surface area contributed by atoms with Crippen LogP contribution in [0.15, 0.2) is 24.3 Å². The zero-order valence-electron chi connectivity index (χ0n) is 17.0. The lowest BCUT2D eigenvalue weighted by molar-refractivity contribution is -0.146. The van der Waals surface area contributed by atoms with Gasteiger partial charge in [0.1, 0.15) is 5.75 Å². The summed E-state index contributed by atoms with van der Waals surface area (Å²) < 4.78 is 30.3. The largest absolute Gasteiger partial charge is 0.531 e. The van der Waals surface area contributed by atoms with Crippen molar-refractivity contribution < 1.29 is 28.0 Å². The van der Waals surface area contributed by atoms with Gasteiger partial charge in [-0.05, 0) is 73.4 Å². The number of carbonyl (C=O) groups is 1. The Hall–Kier alpha value is -1.36. The molecule has 0 saturated carbocycles. The van der Waals surface area contributed by atoms with E-state index in [4.69, 9.17) is 13.6 Å². The number of carboxylic acids is 1. The molecule has 0 heterocycles. The molecular formula is C19H31O6P. The Labute approximate surface area is 156 Å². The lowest BCUT2D eigenvalue weighted by Gasteiger charge is -2.31. The minimum absolute atomic E-state index is 0.212. The quantitative estimate of drug-likeness (QED) is 0.627. The zero-order chi connectivity index (χ0) is 20.4. The number of rotatable bonds is 7. The molecule has 0 amide bonds. The normalized spacial score (nSPS) is 13.5. The Morgan fingerprint density at radius 3 is 1.85 bits per heavy atom. The van der Waals surface area contributed by atoms with Crippen LogP contribution in [0.2, 0.25) is 0 Å². The van der Waals surface area contributed by atoms with Gasteiger partial charge in [0.15, 0.2) is 0 Å². The van der Waals surface area contributed by atoms with Gasteiger partial charge < -0.3 is 9.63 Å². The lowest BCUT2D eigenvalue weighted by atomic mass is 9.86. The van der Waals surface area contributed by atoms with E-state index >= 15 is 0 Å². The molecule has 0 aromatic heterocycles. The van der Waals surface area contributed by atoms with Gasteiger partial charge in [-0.3, -0.25) is 13.8 Å². The number of phosphoric acid groups is 1. The molecule has 7 heteroatoms. The van der Waals surface area contributed by atoms with Gasteiger partial charge in [-0.15, -0.1) is 0 Å². The average Bonchev–Trinajstić information content (AvgIpc) is 2.35. The van der Waals surface area contributed by atoms with Crippen LogP contribution >= 0.6 is 7.82 Å². The van der Waals surface area contributed by atoms with Crippen LogP contribution in [-0.2, 0) is 24.8 Å². The molecule has 148 valence electrons. The number of para-hydroxylation sites is 1. The van der Waals surface area contributed by atoms with Crippen LogP contribution in [0, 0.1) is 5.41 Å². The molecule has 0 atom stereocenters. The second-order valence-electron chi connectivity index (χ2n) is 8.92. The first-order valence-electron chi connectivity index (χ1n) is 8.55. The summed E-state index contributed by atoms with van der Waals surface area (Å²) in [5, 5.41) is 9.39. The number of hydrogen-bond donors (Lipinski definition) is 1. The molecule has 0 fully saturated rings. The monoisotopic (exact) mass is 386 g/mol. The van der Waals surface area contributed by atoms with E-state index < -0.39 is 30.4 Å². The molecule has 1 rings (SSSR count). The van der Waals surface area contributed by atoms with Gasteiger partial charge in [0.05, 0.1) is 16.6 Å². The molecule has 6 nitrogen and oxygen atoms in total. The number of phosphoric ester groups is 1. The summed E-state index contributed by atoms with van der Waals surface area (Å²) >= 11 is 0. The molecule has 0 aliphatic heterocycles. The van der Waals surface area contributed by atoms with Crippen molar-refractivity contribution in [3.8, 4) is 5.75 Å². The van der Waals surface area contributed by atoms with E-state index in [1.165, 1.54) is 0 Å². The topological polar surface area (TPSA) is 82.1 Å². The van der Waals surface area contributed by atoms with E-state index in [-0.39, 0.29) is 6.42 Å². The predicted molar refractivity (Wildman–Crippen MR) is 101 cm³/mol. The standard InChI is InChI=1S/C19H31O6P/c1-17(2,3)24-26(22,25-18(4,5)6)23-15-12-10-9-11-14(15)13-19(7,8)16(20)21/h9-12H,13H2,1-8H3,(H,20,21). The van der Waals surface area contributed by atoms with Gasteiger partial charge in [-0.2, -0.15) is 0 Å². The summed E-state index contributed by atoms with van der Waals surface area (Å²) in [6.07, 6.45) is 0.212. The molecule has 1 N–H and O–H groups in total. The zero-order valence-corrected chi connectivity index (χ0v) is 17.8. The summed E-state index contributed by atoms with van der Waals surface area (Å²) in [5.41, 5.74) is -1.89. The number of carboxylic acid groups (broad SMARTS) is 1. The van der Waals surface area contributed by atoms with Crippen molar-refractivity contribution in [1.82, 2.24) is 0 Å². The third-order valence-electron chi connectivity index (χ3n) is 3.17. The van der Waals surface area contributed by atoms with Gasteiger partial charge >= 0.3 is 13.8 Å². The van der Waals surface area contributed by atoms with Crippen molar-refractivity contribution in [2.24, 2.45) is 5.41 Å². The van der Waals surface area contributed by atoms with E-state index in [1.807, 2.05) is 0 Å². The van der Waals surface area contributed by atoms with Crippen molar-refractivity contribution in [3.05, 3.63) is 29.8 Å². The maximum atomic E-state index is 13.3. The fourth-order valence-corrected chi connectivity index (χ4v) is 4.01. The van der Waals surface area contributed by atoms with Crippen molar-refractivity contribution >= 4 is 13.8 Å². The molecule has 1 aromatic rings. The van der Waals surface area contributed by atoms with Crippen molar-refractivity contribution in [2.75, 3.05) is 0 Å². The van der Waals surface area contributed by atoms with E-state index in [2.05, 4.69) is 0 Å². The second-order valence-corrected chi connectivity index (χ2v) is 10.4. The molecule has 0 radical (unpaired) electrons. The first-order chi connectivity index (χ1) is 11.5. The van der Waals surface area contributed by atoms with Crippen LogP contribution in [0.25, 0.3) is 0 Å². The summed E-state index contributed by atoms with van der Waals surface area (Å²) in [4.78, 5) is 11.5. The number of hydrogen-bond acceptors (Lipinski definition) is 5. The van der Waals surface area contributed by atoms with E-state index in [1.54, 1.807) is 79.7 Å². The van der Waals surface area contributed by atoms with E-state index in [0.29, 0.717) is 11.3 Å². The molecule has 0 saturated heterocycles. The summed E-state index contributed by atoms with van der Waals surface area (Å²) in [7, 11) is -3.95. The van der Waals surface area contributed by atoms with Gasteiger partial charge in [-0.25, -0.2) is 4.57 Å². The van der Waals surface area contributed by atoms with Crippen LogP contribution in [0.4, 0.5) is 0 Å². The first kappa shape index (κ1) is 22.7. The fourth-order valence-electron chi connectivity index (χ4n) is 2.14. The molecule has 0 aliphatic carbocycles. The summed E-state index contributed by atoms with van der Waals surface area (Å²) in [6.45, 7) is 13.8. The maximum absolute atomic E-state index is 13.3. The molecule has 0 spiro atoms. The molecule has 0 bridgehead atoms. The second kappa shape index (κ2) is 7.71. The highest BCUT2D eigenvalue weighted by Gasteiger charge is 2.39. The van der Waals surface area contributed by atoms with E-state index in [0.717, 1.165) is 0 Å². The Kier molecular flexibility index (Phi) is 6.73. The predicted octanol–water partition coefficient (Wildman–Crippen LogP) is 5.46. The van der Waals surface area contributed by atoms with Crippen molar-refractivity contribution in [3.63, 3.8) is 0 Å². The SMILES string of the molecule is CC(C)(C)OP(=O)(Oc1ccccc1CC(C)(C)C(=O)O)OC(C)(C)C. The van der Waals surface area contributed by atoms with Gasteiger partial charge in [-0.1, -0.05) is 18.2 Å². The third-order valence-corrected chi connectivity index (χ3v) is 5.13. The minimum Gasteiger partial charge on any atom is -0.481 e. The van der Waals surface area contributed by atoms with Crippen molar-refractivity contribution in [1.29, 1.82) is 0 Å². The maximum Gasteiger partial charge on any atom is 0.531 e. The Bertz CT molecular complexity index is 662. The minimum atomic E-state index is -3.95. The smallest absolute Gasteiger partial charge is 0.481 e. The molecule has 0 unspecified atom stereocenters. The summed E-state index contributed by atoms with van der Waals surface area (Å²) in [6, 6.07) is 6.89. The van der Waals surface area contributed by atoms with Gasteiger partial charge in [0.2, 0.25) is 0 Å². The van der Waals surface area contributed by atoms with E-state index in [9.17, 15) is 14.5 Å². The van der Waals surface area contributed by atoms with Crippen LogP contribution in [0.3, 0.4) is 0 Å². The highest BCUT2D eigenvalue weighted by molar-refractivity contribution is 7.49. The fraction of sp³-hybridized carbons (Fsp3) is 0.632. The molecular weight excluding hydrogens is 355 g/mol. The number of aliphatic carboxylic acids is 1. The lowest BCUT2D eigenvalue weighted by Crippen LogP contribution is -2.27. The average molecular weight is 386 g/mol. The molecule has 1 aromatic carbocycles. The van der Waals surface area contributed by atoms with Crippen LogP contribution in [0.5, 0.6) is 5.75 Å². The number of benzene rings is 1. The highest BCUT2D eigenvalue weighted by atomic mass is 31.2. The van der Waals surface area contributed by atoms with Gasteiger partial charge in [0, 0.05) is 0 Å².